The Kier molecular flexibility index (Phi) is 6.54. The van der Waals surface area contributed by atoms with E-state index in [4.69, 9.17) is 10.7 Å². The monoisotopic (exact) mass is 580 g/mol. The predicted octanol–water partition coefficient (Wildman–Crippen LogP) is 9.39. The molecule has 4 heteroatoms. The van der Waals surface area contributed by atoms with Crippen molar-refractivity contribution in [1.29, 1.82) is 0 Å². The summed E-state index contributed by atoms with van der Waals surface area (Å²) in [7, 11) is 0. The number of guanidine groups is 1. The van der Waals surface area contributed by atoms with Crippen LogP contribution in [-0.2, 0) is 0 Å². The van der Waals surface area contributed by atoms with Crippen molar-refractivity contribution in [3.63, 3.8) is 0 Å². The molecule has 0 radical (unpaired) electrons. The lowest BCUT2D eigenvalue weighted by Gasteiger charge is -2.35. The lowest BCUT2D eigenvalue weighted by molar-refractivity contribution is 0.706. The van der Waals surface area contributed by atoms with E-state index in [9.17, 15) is 0 Å². The van der Waals surface area contributed by atoms with Gasteiger partial charge >= 0.3 is 0 Å². The molecule has 1 aliphatic carbocycles. The Labute approximate surface area is 263 Å². The molecule has 5 aromatic carbocycles. The summed E-state index contributed by atoms with van der Waals surface area (Å²) < 4.78 is 2.39. The van der Waals surface area contributed by atoms with Gasteiger partial charge in [-0.3, -0.25) is 0 Å². The van der Waals surface area contributed by atoms with E-state index in [2.05, 4.69) is 131 Å². The first kappa shape index (κ1) is 26.7. The zero-order valence-corrected chi connectivity index (χ0v) is 24.8. The van der Waals surface area contributed by atoms with Crippen molar-refractivity contribution in [3.8, 4) is 16.8 Å². The molecule has 0 saturated heterocycles. The van der Waals surface area contributed by atoms with Crippen LogP contribution in [-0.4, -0.2) is 16.6 Å². The third-order valence-electron chi connectivity index (χ3n) is 8.92. The highest BCUT2D eigenvalue weighted by atomic mass is 15.3. The van der Waals surface area contributed by atoms with Crippen LogP contribution in [0.3, 0.4) is 0 Å². The van der Waals surface area contributed by atoms with E-state index in [1.54, 1.807) is 6.08 Å². The second kappa shape index (κ2) is 11.0. The standard InChI is InChI=1S/C41H32N4/c1-2-14-36(28-15-4-3-5-16-28)43-41(42)45-39-23-12-6-17-31(39)30-26-25-29(27-35(30)34-20-9-13-24-40(34)45)44-37-21-10-7-18-32(37)33-19-8-11-22-38(33)44/h2-27,34,40H,1H2,(H2,42,43)/b36-14-. The Morgan fingerprint density at radius 3 is 2.13 bits per heavy atom. The van der Waals surface area contributed by atoms with Crippen LogP contribution in [0.2, 0.25) is 0 Å². The van der Waals surface area contributed by atoms with Gasteiger partial charge in [-0.25, -0.2) is 4.99 Å². The number of hydrogen-bond donors (Lipinski definition) is 1. The van der Waals surface area contributed by atoms with E-state index >= 15 is 0 Å². The average Bonchev–Trinajstić information content (AvgIpc) is 3.37. The minimum atomic E-state index is -0.0738. The third kappa shape index (κ3) is 4.42. The summed E-state index contributed by atoms with van der Waals surface area (Å²) in [6.45, 7) is 3.93. The fraction of sp³-hybridized carbons (Fsp3) is 0.0488. The van der Waals surface area contributed by atoms with Crippen LogP contribution < -0.4 is 10.6 Å². The van der Waals surface area contributed by atoms with Crippen LogP contribution in [0.1, 0.15) is 17.0 Å². The Hall–Kier alpha value is -5.87. The molecule has 2 heterocycles. The van der Waals surface area contributed by atoms with Crippen LogP contribution in [0.5, 0.6) is 0 Å². The Morgan fingerprint density at radius 1 is 0.711 bits per heavy atom. The highest BCUT2D eigenvalue weighted by Gasteiger charge is 2.35. The Balaban J connectivity index is 1.33. The molecule has 1 aromatic heterocycles. The lowest BCUT2D eigenvalue weighted by atomic mass is 9.84. The maximum absolute atomic E-state index is 7.01. The van der Waals surface area contributed by atoms with Crippen molar-refractivity contribution >= 4 is 39.1 Å². The van der Waals surface area contributed by atoms with Crippen molar-refractivity contribution in [3.05, 3.63) is 175 Å². The minimum absolute atomic E-state index is 0.0442. The quantitative estimate of drug-likeness (QED) is 0.128. The molecule has 0 fully saturated rings. The highest BCUT2D eigenvalue weighted by Crippen LogP contribution is 2.46. The van der Waals surface area contributed by atoms with Crippen molar-refractivity contribution in [2.75, 3.05) is 4.90 Å². The maximum Gasteiger partial charge on any atom is 0.201 e. The number of fused-ring (bicyclic) bond motifs is 8. The van der Waals surface area contributed by atoms with Crippen LogP contribution in [0, 0.1) is 0 Å². The summed E-state index contributed by atoms with van der Waals surface area (Å²) in [5.74, 6) is 0.479. The van der Waals surface area contributed by atoms with Gasteiger partial charge in [-0.1, -0.05) is 128 Å². The van der Waals surface area contributed by atoms with Gasteiger partial charge in [0.25, 0.3) is 0 Å². The zero-order valence-electron chi connectivity index (χ0n) is 24.8. The Bertz CT molecular complexity index is 2160. The van der Waals surface area contributed by atoms with Gasteiger partial charge in [0.15, 0.2) is 0 Å². The number of allylic oxidation sites excluding steroid dienone is 4. The first-order chi connectivity index (χ1) is 22.2. The molecule has 2 atom stereocenters. The van der Waals surface area contributed by atoms with Crippen molar-refractivity contribution in [2.45, 2.75) is 12.0 Å². The van der Waals surface area contributed by atoms with Crippen LogP contribution in [0.15, 0.2) is 169 Å². The second-order valence-corrected chi connectivity index (χ2v) is 11.4. The molecule has 2 unspecified atom stereocenters. The largest absolute Gasteiger partial charge is 0.369 e. The molecule has 216 valence electrons. The van der Waals surface area contributed by atoms with Gasteiger partial charge in [-0.2, -0.15) is 0 Å². The van der Waals surface area contributed by atoms with E-state index in [-0.39, 0.29) is 12.0 Å². The highest BCUT2D eigenvalue weighted by molar-refractivity contribution is 6.09. The van der Waals surface area contributed by atoms with Gasteiger partial charge in [-0.15, -0.1) is 0 Å². The number of rotatable bonds is 4. The van der Waals surface area contributed by atoms with Crippen LogP contribution in [0.25, 0.3) is 44.3 Å². The molecular formula is C41H32N4. The number of aliphatic imine (C=N–C) groups is 1. The maximum atomic E-state index is 7.01. The molecule has 8 rings (SSSR count). The van der Waals surface area contributed by atoms with E-state index in [1.165, 1.54) is 32.9 Å². The summed E-state index contributed by atoms with van der Waals surface area (Å²) >= 11 is 0. The first-order valence-corrected chi connectivity index (χ1v) is 15.3. The topological polar surface area (TPSA) is 46.5 Å². The number of aromatic nitrogens is 1. The first-order valence-electron chi connectivity index (χ1n) is 15.3. The van der Waals surface area contributed by atoms with Gasteiger partial charge in [0, 0.05) is 33.5 Å². The van der Waals surface area contributed by atoms with E-state index in [0.29, 0.717) is 5.96 Å². The molecule has 0 spiro atoms. The zero-order chi connectivity index (χ0) is 30.3. The molecule has 4 nitrogen and oxygen atoms in total. The van der Waals surface area contributed by atoms with E-state index < -0.39 is 0 Å². The number of nitrogens with zero attached hydrogens (tertiary/aromatic N) is 3. The summed E-state index contributed by atoms with van der Waals surface area (Å²) in [4.78, 5) is 7.22. The van der Waals surface area contributed by atoms with E-state index in [0.717, 1.165) is 28.2 Å². The van der Waals surface area contributed by atoms with Crippen LogP contribution in [0.4, 0.5) is 5.69 Å². The van der Waals surface area contributed by atoms with E-state index in [1.807, 2.05) is 36.4 Å². The van der Waals surface area contributed by atoms with Crippen molar-refractivity contribution in [2.24, 2.45) is 10.7 Å². The van der Waals surface area contributed by atoms with Crippen molar-refractivity contribution in [1.82, 2.24) is 4.57 Å². The normalized spacial score (nSPS) is 17.6. The Morgan fingerprint density at radius 2 is 1.38 bits per heavy atom. The molecule has 0 saturated carbocycles. The van der Waals surface area contributed by atoms with Gasteiger partial charge in [0.2, 0.25) is 5.96 Å². The smallest absolute Gasteiger partial charge is 0.201 e. The number of nitrogens with two attached hydrogens (primary N) is 1. The summed E-state index contributed by atoms with van der Waals surface area (Å²) in [6.07, 6.45) is 12.5. The summed E-state index contributed by atoms with van der Waals surface area (Å²) in [5, 5.41) is 2.51. The minimum Gasteiger partial charge on any atom is -0.369 e. The molecule has 2 aliphatic rings. The molecule has 0 bridgehead atoms. The molecule has 45 heavy (non-hydrogen) atoms. The SMILES string of the molecule is C=C/C=C(\N=C(N)N1c2ccccc2-c2ccc(-n3c4ccccc4c4ccccc43)cc2C2C=CC=CC21)c1ccccc1. The fourth-order valence-corrected chi connectivity index (χ4v) is 6.98. The number of hydrogen-bond acceptors (Lipinski definition) is 1. The predicted molar refractivity (Wildman–Crippen MR) is 190 cm³/mol. The number of para-hydroxylation sites is 3. The number of benzene rings is 5. The third-order valence-corrected chi connectivity index (χ3v) is 8.92. The molecular weight excluding hydrogens is 548 g/mol. The van der Waals surface area contributed by atoms with Gasteiger partial charge < -0.3 is 15.2 Å². The molecule has 6 aromatic rings. The van der Waals surface area contributed by atoms with Gasteiger partial charge in [0.1, 0.15) is 0 Å². The van der Waals surface area contributed by atoms with Gasteiger partial charge in [-0.05, 0) is 47.5 Å². The molecule has 2 N–H and O–H groups in total. The van der Waals surface area contributed by atoms with Crippen molar-refractivity contribution < 1.29 is 0 Å². The summed E-state index contributed by atoms with van der Waals surface area (Å²) in [5.41, 5.74) is 16.9. The average molecular weight is 581 g/mol. The number of anilines is 1. The lowest BCUT2D eigenvalue weighted by Crippen LogP contribution is -2.46. The van der Waals surface area contributed by atoms with Crippen LogP contribution >= 0.6 is 0 Å². The molecule has 0 amide bonds. The second-order valence-electron chi connectivity index (χ2n) is 11.4. The summed E-state index contributed by atoms with van der Waals surface area (Å²) in [6, 6.07) is 42.8. The molecule has 1 aliphatic heterocycles. The van der Waals surface area contributed by atoms with Gasteiger partial charge in [0.05, 0.1) is 28.5 Å². The fourth-order valence-electron chi connectivity index (χ4n) is 6.98.